The Morgan fingerprint density at radius 2 is 2.11 bits per heavy atom. The highest BCUT2D eigenvalue weighted by molar-refractivity contribution is 7.98. The SMILES string of the molecule is COc1cnc(SCc2ccc(F)cc2)[nH]c1=O. The summed E-state index contributed by atoms with van der Waals surface area (Å²) in [5.41, 5.74) is 0.647. The van der Waals surface area contributed by atoms with Gasteiger partial charge in [-0.25, -0.2) is 9.37 Å². The van der Waals surface area contributed by atoms with Crippen LogP contribution >= 0.6 is 11.8 Å². The summed E-state index contributed by atoms with van der Waals surface area (Å²) in [6, 6.07) is 6.20. The molecule has 0 saturated heterocycles. The molecule has 6 heteroatoms. The number of nitrogens with zero attached hydrogens (tertiary/aromatic N) is 1. The van der Waals surface area contributed by atoms with E-state index in [-0.39, 0.29) is 17.1 Å². The Hall–Kier alpha value is -1.82. The van der Waals surface area contributed by atoms with Crippen molar-refractivity contribution in [3.05, 3.63) is 52.2 Å². The largest absolute Gasteiger partial charge is 0.490 e. The van der Waals surface area contributed by atoms with Crippen LogP contribution in [0.15, 0.2) is 40.4 Å². The minimum atomic E-state index is -0.311. The molecule has 0 radical (unpaired) electrons. The van der Waals surface area contributed by atoms with E-state index >= 15 is 0 Å². The summed E-state index contributed by atoms with van der Waals surface area (Å²) in [4.78, 5) is 18.1. The van der Waals surface area contributed by atoms with Gasteiger partial charge in [0.2, 0.25) is 5.75 Å². The van der Waals surface area contributed by atoms with Crippen LogP contribution in [0, 0.1) is 5.82 Å². The highest BCUT2D eigenvalue weighted by Gasteiger charge is 2.03. The van der Waals surface area contributed by atoms with E-state index in [1.165, 1.54) is 37.2 Å². The molecule has 0 fully saturated rings. The minimum absolute atomic E-state index is 0.182. The fraction of sp³-hybridized carbons (Fsp3) is 0.167. The molecule has 0 spiro atoms. The summed E-state index contributed by atoms with van der Waals surface area (Å²) in [5.74, 6) is 0.524. The molecule has 0 saturated carbocycles. The van der Waals surface area contributed by atoms with Crippen molar-refractivity contribution < 1.29 is 9.13 Å². The van der Waals surface area contributed by atoms with Crippen LogP contribution in [0.5, 0.6) is 5.75 Å². The molecule has 0 aliphatic carbocycles. The standard InChI is InChI=1S/C12H11FN2O2S/c1-17-10-6-14-12(15-11(10)16)18-7-8-2-4-9(13)5-3-8/h2-6H,7H2,1H3,(H,14,15,16). The number of hydrogen-bond acceptors (Lipinski definition) is 4. The van der Waals surface area contributed by atoms with Crippen molar-refractivity contribution in [1.82, 2.24) is 9.97 Å². The lowest BCUT2D eigenvalue weighted by atomic mass is 10.2. The van der Waals surface area contributed by atoms with Crippen molar-refractivity contribution >= 4 is 11.8 Å². The van der Waals surface area contributed by atoms with Gasteiger partial charge in [0.05, 0.1) is 13.3 Å². The summed E-state index contributed by atoms with van der Waals surface area (Å²) in [5, 5.41) is 0.505. The molecule has 4 nitrogen and oxygen atoms in total. The predicted octanol–water partition coefficient (Wildman–Crippen LogP) is 2.21. The van der Waals surface area contributed by atoms with Gasteiger partial charge in [0.15, 0.2) is 5.16 Å². The first-order valence-electron chi connectivity index (χ1n) is 5.19. The molecule has 0 amide bonds. The van der Waals surface area contributed by atoms with Crippen LogP contribution in [-0.2, 0) is 5.75 Å². The van der Waals surface area contributed by atoms with E-state index in [0.29, 0.717) is 10.9 Å². The number of H-pyrrole nitrogens is 1. The molecule has 1 N–H and O–H groups in total. The van der Waals surface area contributed by atoms with E-state index < -0.39 is 0 Å². The van der Waals surface area contributed by atoms with Crippen molar-refractivity contribution in [1.29, 1.82) is 0 Å². The van der Waals surface area contributed by atoms with E-state index in [9.17, 15) is 9.18 Å². The number of aromatic amines is 1. The quantitative estimate of drug-likeness (QED) is 0.681. The Balaban J connectivity index is 2.04. The molecule has 18 heavy (non-hydrogen) atoms. The zero-order valence-electron chi connectivity index (χ0n) is 9.64. The van der Waals surface area contributed by atoms with Gasteiger partial charge >= 0.3 is 0 Å². The lowest BCUT2D eigenvalue weighted by Crippen LogP contribution is -2.10. The van der Waals surface area contributed by atoms with Crippen molar-refractivity contribution in [2.75, 3.05) is 7.11 Å². The molecule has 94 valence electrons. The van der Waals surface area contributed by atoms with Crippen molar-refractivity contribution in [2.45, 2.75) is 10.9 Å². The van der Waals surface area contributed by atoms with Crippen molar-refractivity contribution in [3.63, 3.8) is 0 Å². The number of ether oxygens (including phenoxy) is 1. The number of rotatable bonds is 4. The maximum Gasteiger partial charge on any atom is 0.293 e. The van der Waals surface area contributed by atoms with Gasteiger partial charge in [-0.3, -0.25) is 9.78 Å². The number of methoxy groups -OCH3 is 1. The molecule has 0 aliphatic heterocycles. The molecule has 0 unspecified atom stereocenters. The van der Waals surface area contributed by atoms with Gasteiger partial charge < -0.3 is 4.74 Å². The van der Waals surface area contributed by atoms with E-state index in [2.05, 4.69) is 9.97 Å². The van der Waals surface area contributed by atoms with E-state index in [1.807, 2.05) is 0 Å². The Morgan fingerprint density at radius 1 is 1.39 bits per heavy atom. The number of halogens is 1. The van der Waals surface area contributed by atoms with Crippen LogP contribution in [0.25, 0.3) is 0 Å². The summed E-state index contributed by atoms with van der Waals surface area (Å²) in [6.07, 6.45) is 1.38. The molecular formula is C12H11FN2O2S. The maximum atomic E-state index is 12.7. The molecule has 2 rings (SSSR count). The third-order valence-corrected chi connectivity index (χ3v) is 3.21. The third kappa shape index (κ3) is 3.10. The first-order chi connectivity index (χ1) is 8.69. The average Bonchev–Trinajstić information content (AvgIpc) is 2.38. The van der Waals surface area contributed by atoms with Gasteiger partial charge in [-0.1, -0.05) is 23.9 Å². The van der Waals surface area contributed by atoms with Crippen LogP contribution in [0.1, 0.15) is 5.56 Å². The van der Waals surface area contributed by atoms with E-state index in [4.69, 9.17) is 4.74 Å². The molecule has 1 aromatic carbocycles. The highest BCUT2D eigenvalue weighted by Crippen LogP contribution is 2.18. The van der Waals surface area contributed by atoms with Gasteiger partial charge in [0.25, 0.3) is 5.56 Å². The molecule has 1 aromatic heterocycles. The summed E-state index contributed by atoms with van der Waals surface area (Å²) in [6.45, 7) is 0. The zero-order chi connectivity index (χ0) is 13.0. The van der Waals surface area contributed by atoms with Crippen LogP contribution < -0.4 is 10.3 Å². The number of aromatic nitrogens is 2. The lowest BCUT2D eigenvalue weighted by Gasteiger charge is -2.02. The normalized spacial score (nSPS) is 10.3. The number of nitrogens with one attached hydrogen (secondary N) is 1. The smallest absolute Gasteiger partial charge is 0.293 e. The van der Waals surface area contributed by atoms with E-state index in [0.717, 1.165) is 5.56 Å². The van der Waals surface area contributed by atoms with Crippen molar-refractivity contribution in [2.24, 2.45) is 0 Å². The maximum absolute atomic E-state index is 12.7. The van der Waals surface area contributed by atoms with Gasteiger partial charge in [0, 0.05) is 5.75 Å². The van der Waals surface area contributed by atoms with Crippen molar-refractivity contribution in [3.8, 4) is 5.75 Å². The van der Waals surface area contributed by atoms with Gasteiger partial charge in [-0.05, 0) is 17.7 Å². The Bertz CT molecular complexity index is 583. The molecule has 0 bridgehead atoms. The lowest BCUT2D eigenvalue weighted by molar-refractivity contribution is 0.404. The summed E-state index contributed by atoms with van der Waals surface area (Å²) in [7, 11) is 1.41. The van der Waals surface area contributed by atoms with Gasteiger partial charge in [-0.15, -0.1) is 0 Å². The van der Waals surface area contributed by atoms with Crippen LogP contribution in [0.4, 0.5) is 4.39 Å². The Morgan fingerprint density at radius 3 is 2.72 bits per heavy atom. The fourth-order valence-corrected chi connectivity index (χ4v) is 2.11. The number of thioether (sulfide) groups is 1. The topological polar surface area (TPSA) is 55.0 Å². The molecule has 0 atom stereocenters. The second-order valence-electron chi connectivity index (χ2n) is 3.50. The minimum Gasteiger partial charge on any atom is -0.490 e. The van der Waals surface area contributed by atoms with Gasteiger partial charge in [0.1, 0.15) is 5.82 Å². The van der Waals surface area contributed by atoms with E-state index in [1.54, 1.807) is 12.1 Å². The first-order valence-corrected chi connectivity index (χ1v) is 6.18. The molecule has 0 aliphatic rings. The Kier molecular flexibility index (Phi) is 3.99. The van der Waals surface area contributed by atoms with Crippen LogP contribution in [-0.4, -0.2) is 17.1 Å². The van der Waals surface area contributed by atoms with Gasteiger partial charge in [-0.2, -0.15) is 0 Å². The first kappa shape index (κ1) is 12.6. The number of benzene rings is 1. The van der Waals surface area contributed by atoms with Crippen LogP contribution in [0.2, 0.25) is 0 Å². The molecule has 2 aromatic rings. The second kappa shape index (κ2) is 5.68. The zero-order valence-corrected chi connectivity index (χ0v) is 10.5. The number of hydrogen-bond donors (Lipinski definition) is 1. The third-order valence-electron chi connectivity index (χ3n) is 2.25. The fourth-order valence-electron chi connectivity index (χ4n) is 1.32. The second-order valence-corrected chi connectivity index (χ2v) is 4.47. The van der Waals surface area contributed by atoms with Crippen LogP contribution in [0.3, 0.4) is 0 Å². The predicted molar refractivity (Wildman–Crippen MR) is 67.4 cm³/mol. The molecule has 1 heterocycles. The monoisotopic (exact) mass is 266 g/mol. The average molecular weight is 266 g/mol. The summed E-state index contributed by atoms with van der Waals surface area (Å²) >= 11 is 1.37. The summed E-state index contributed by atoms with van der Waals surface area (Å²) < 4.78 is 17.5. The highest BCUT2D eigenvalue weighted by atomic mass is 32.2. The molecular weight excluding hydrogens is 255 g/mol. The Labute approximate surface area is 107 Å².